The molecule has 1 atom stereocenters. The van der Waals surface area contributed by atoms with Gasteiger partial charge in [0.1, 0.15) is 5.82 Å². The molecule has 0 amide bonds. The number of benzene rings is 1. The summed E-state index contributed by atoms with van der Waals surface area (Å²) in [6.45, 7) is 5.81. The first-order valence-corrected chi connectivity index (χ1v) is 6.23. The Labute approximate surface area is 112 Å². The molecule has 1 heterocycles. The maximum atomic E-state index is 12.8. The van der Waals surface area contributed by atoms with Crippen LogP contribution in [0.3, 0.4) is 0 Å². The molecule has 4 nitrogen and oxygen atoms in total. The number of halogens is 1. The molecule has 0 aliphatic rings. The minimum atomic E-state index is -0.217. The van der Waals surface area contributed by atoms with Crippen molar-refractivity contribution in [2.24, 2.45) is 0 Å². The Morgan fingerprint density at radius 3 is 2.42 bits per heavy atom. The van der Waals surface area contributed by atoms with E-state index in [9.17, 15) is 4.39 Å². The van der Waals surface area contributed by atoms with Crippen LogP contribution in [0, 0.1) is 19.7 Å². The average molecular weight is 260 g/mol. The molecule has 0 saturated carbocycles. The summed E-state index contributed by atoms with van der Waals surface area (Å²) in [7, 11) is 0. The lowest BCUT2D eigenvalue weighted by Crippen LogP contribution is -2.20. The standard InChI is InChI=1S/C14H17FN4/c1-9(8-12-4-6-13(15)7-5-12)16-14-17-10(2)11(3)18-19-14/h4-7,9H,8H2,1-3H3,(H,16,17,19). The fourth-order valence-corrected chi connectivity index (χ4v) is 1.76. The zero-order valence-corrected chi connectivity index (χ0v) is 11.3. The summed E-state index contributed by atoms with van der Waals surface area (Å²) in [4.78, 5) is 4.32. The molecule has 1 aromatic carbocycles. The van der Waals surface area contributed by atoms with Crippen molar-refractivity contribution in [3.8, 4) is 0 Å². The number of aryl methyl sites for hydroxylation is 2. The van der Waals surface area contributed by atoms with Gasteiger partial charge in [0.25, 0.3) is 0 Å². The van der Waals surface area contributed by atoms with E-state index >= 15 is 0 Å². The Bertz CT molecular complexity index is 554. The number of hydrogen-bond acceptors (Lipinski definition) is 4. The summed E-state index contributed by atoms with van der Waals surface area (Å²) in [6, 6.07) is 6.65. The topological polar surface area (TPSA) is 50.7 Å². The van der Waals surface area contributed by atoms with Crippen molar-refractivity contribution < 1.29 is 4.39 Å². The highest BCUT2D eigenvalue weighted by atomic mass is 19.1. The molecule has 100 valence electrons. The molecule has 2 rings (SSSR count). The maximum absolute atomic E-state index is 12.8. The van der Waals surface area contributed by atoms with E-state index in [2.05, 4.69) is 20.5 Å². The minimum Gasteiger partial charge on any atom is -0.350 e. The van der Waals surface area contributed by atoms with Crippen LogP contribution in [-0.2, 0) is 6.42 Å². The Hall–Kier alpha value is -2.04. The molecule has 5 heteroatoms. The molecule has 0 fully saturated rings. The van der Waals surface area contributed by atoms with Gasteiger partial charge in [-0.15, -0.1) is 5.10 Å². The molecule has 0 aliphatic carbocycles. The third kappa shape index (κ3) is 3.71. The molecule has 0 spiro atoms. The van der Waals surface area contributed by atoms with Gasteiger partial charge in [-0.1, -0.05) is 12.1 Å². The van der Waals surface area contributed by atoms with E-state index in [1.54, 1.807) is 12.1 Å². The highest BCUT2D eigenvalue weighted by molar-refractivity contribution is 5.27. The molecule has 2 aromatic rings. The van der Waals surface area contributed by atoms with Crippen molar-refractivity contribution >= 4 is 5.95 Å². The van der Waals surface area contributed by atoms with Crippen LogP contribution in [-0.4, -0.2) is 21.2 Å². The second-order valence-corrected chi connectivity index (χ2v) is 4.68. The third-order valence-corrected chi connectivity index (χ3v) is 2.92. The predicted molar refractivity (Wildman–Crippen MR) is 72.5 cm³/mol. The first kappa shape index (κ1) is 13.4. The van der Waals surface area contributed by atoms with E-state index in [-0.39, 0.29) is 11.9 Å². The zero-order chi connectivity index (χ0) is 13.8. The van der Waals surface area contributed by atoms with E-state index in [0.29, 0.717) is 5.95 Å². The molecular weight excluding hydrogens is 243 g/mol. The predicted octanol–water partition coefficient (Wildman–Crippen LogP) is 2.67. The summed E-state index contributed by atoms with van der Waals surface area (Å²) in [5.74, 6) is 0.309. The fraction of sp³-hybridized carbons (Fsp3) is 0.357. The van der Waals surface area contributed by atoms with E-state index in [1.165, 1.54) is 12.1 Å². The van der Waals surface area contributed by atoms with Crippen molar-refractivity contribution in [3.05, 3.63) is 47.0 Å². The van der Waals surface area contributed by atoms with E-state index < -0.39 is 0 Å². The number of anilines is 1. The van der Waals surface area contributed by atoms with Crippen LogP contribution in [0.15, 0.2) is 24.3 Å². The van der Waals surface area contributed by atoms with Crippen LogP contribution in [0.5, 0.6) is 0 Å². The normalized spacial score (nSPS) is 12.2. The number of aromatic nitrogens is 3. The summed E-state index contributed by atoms with van der Waals surface area (Å²) in [6.07, 6.45) is 0.774. The van der Waals surface area contributed by atoms with Gasteiger partial charge in [-0.2, -0.15) is 5.10 Å². The smallest absolute Gasteiger partial charge is 0.243 e. The van der Waals surface area contributed by atoms with Crippen molar-refractivity contribution in [2.45, 2.75) is 33.2 Å². The molecule has 1 N–H and O–H groups in total. The van der Waals surface area contributed by atoms with Crippen LogP contribution >= 0.6 is 0 Å². The average Bonchev–Trinajstić information content (AvgIpc) is 2.37. The van der Waals surface area contributed by atoms with E-state index in [0.717, 1.165) is 23.4 Å². The molecular formula is C14H17FN4. The van der Waals surface area contributed by atoms with Crippen LogP contribution in [0.2, 0.25) is 0 Å². The molecule has 19 heavy (non-hydrogen) atoms. The molecule has 0 saturated heterocycles. The molecule has 0 bridgehead atoms. The molecule has 0 radical (unpaired) electrons. The van der Waals surface area contributed by atoms with Crippen molar-refractivity contribution in [3.63, 3.8) is 0 Å². The van der Waals surface area contributed by atoms with Gasteiger partial charge in [-0.25, -0.2) is 9.37 Å². The highest BCUT2D eigenvalue weighted by Gasteiger charge is 2.07. The number of nitrogens with zero attached hydrogens (tertiary/aromatic N) is 3. The molecule has 0 aliphatic heterocycles. The second kappa shape index (κ2) is 5.73. The zero-order valence-electron chi connectivity index (χ0n) is 11.3. The SMILES string of the molecule is Cc1nnc(NC(C)Cc2ccc(F)cc2)nc1C. The monoisotopic (exact) mass is 260 g/mol. The lowest BCUT2D eigenvalue weighted by molar-refractivity contribution is 0.626. The number of nitrogens with one attached hydrogen (secondary N) is 1. The Morgan fingerprint density at radius 2 is 1.79 bits per heavy atom. The summed E-state index contributed by atoms with van der Waals surface area (Å²) in [5.41, 5.74) is 2.77. The van der Waals surface area contributed by atoms with Gasteiger partial charge in [0.15, 0.2) is 0 Å². The van der Waals surface area contributed by atoms with Gasteiger partial charge in [0.2, 0.25) is 5.95 Å². The van der Waals surface area contributed by atoms with Crippen molar-refractivity contribution in [1.82, 2.24) is 15.2 Å². The summed E-state index contributed by atoms with van der Waals surface area (Å²) >= 11 is 0. The van der Waals surface area contributed by atoms with E-state index in [4.69, 9.17) is 0 Å². The minimum absolute atomic E-state index is 0.148. The third-order valence-electron chi connectivity index (χ3n) is 2.92. The fourth-order valence-electron chi connectivity index (χ4n) is 1.76. The largest absolute Gasteiger partial charge is 0.350 e. The lowest BCUT2D eigenvalue weighted by atomic mass is 10.1. The summed E-state index contributed by atoms with van der Waals surface area (Å²) in [5, 5.41) is 11.2. The summed E-state index contributed by atoms with van der Waals surface area (Å²) < 4.78 is 12.8. The van der Waals surface area contributed by atoms with Crippen LogP contribution in [0.4, 0.5) is 10.3 Å². The second-order valence-electron chi connectivity index (χ2n) is 4.68. The van der Waals surface area contributed by atoms with Gasteiger partial charge in [0, 0.05) is 6.04 Å². The van der Waals surface area contributed by atoms with Crippen LogP contribution < -0.4 is 5.32 Å². The Morgan fingerprint density at radius 1 is 1.11 bits per heavy atom. The quantitative estimate of drug-likeness (QED) is 0.918. The van der Waals surface area contributed by atoms with Gasteiger partial charge < -0.3 is 5.32 Å². The lowest BCUT2D eigenvalue weighted by Gasteiger charge is -2.14. The highest BCUT2D eigenvalue weighted by Crippen LogP contribution is 2.09. The van der Waals surface area contributed by atoms with Gasteiger partial charge in [0.05, 0.1) is 11.4 Å². The van der Waals surface area contributed by atoms with Crippen LogP contribution in [0.1, 0.15) is 23.9 Å². The molecule has 1 unspecified atom stereocenters. The van der Waals surface area contributed by atoms with Crippen molar-refractivity contribution in [2.75, 3.05) is 5.32 Å². The number of rotatable bonds is 4. The Balaban J connectivity index is 1.98. The molecule has 1 aromatic heterocycles. The Kier molecular flexibility index (Phi) is 4.04. The van der Waals surface area contributed by atoms with E-state index in [1.807, 2.05) is 20.8 Å². The maximum Gasteiger partial charge on any atom is 0.243 e. The van der Waals surface area contributed by atoms with Crippen LogP contribution in [0.25, 0.3) is 0 Å². The number of hydrogen-bond donors (Lipinski definition) is 1. The van der Waals surface area contributed by atoms with Gasteiger partial charge in [-0.05, 0) is 44.9 Å². The first-order valence-electron chi connectivity index (χ1n) is 6.23. The first-order chi connectivity index (χ1) is 9.04. The van der Waals surface area contributed by atoms with Crippen molar-refractivity contribution in [1.29, 1.82) is 0 Å². The van der Waals surface area contributed by atoms with Gasteiger partial charge >= 0.3 is 0 Å². The van der Waals surface area contributed by atoms with Gasteiger partial charge in [-0.3, -0.25) is 0 Å².